The number of hydrogen-bond acceptors (Lipinski definition) is 4. The molecule has 0 radical (unpaired) electrons. The summed E-state index contributed by atoms with van der Waals surface area (Å²) < 4.78 is 5.21. The molecule has 0 spiro atoms. The SMILES string of the molecule is COC(=O)CC(O)C(O)c1cccc(Br)c1. The zero-order chi connectivity index (χ0) is 12.1. The summed E-state index contributed by atoms with van der Waals surface area (Å²) in [7, 11) is 1.24. The fraction of sp³-hybridized carbons (Fsp3) is 0.364. The van der Waals surface area contributed by atoms with Gasteiger partial charge in [-0.05, 0) is 17.7 Å². The molecule has 4 nitrogen and oxygen atoms in total. The third-order valence-corrected chi connectivity index (χ3v) is 2.65. The van der Waals surface area contributed by atoms with Crippen LogP contribution in [0.1, 0.15) is 18.1 Å². The number of ether oxygens (including phenoxy) is 1. The molecular weight excluding hydrogens is 276 g/mol. The van der Waals surface area contributed by atoms with Crippen molar-refractivity contribution in [2.45, 2.75) is 18.6 Å². The van der Waals surface area contributed by atoms with Crippen LogP contribution in [0.4, 0.5) is 0 Å². The molecule has 1 aromatic rings. The van der Waals surface area contributed by atoms with Crippen LogP contribution in [0.2, 0.25) is 0 Å². The summed E-state index contributed by atoms with van der Waals surface area (Å²) >= 11 is 3.26. The van der Waals surface area contributed by atoms with Gasteiger partial charge in [0, 0.05) is 4.47 Å². The summed E-state index contributed by atoms with van der Waals surface area (Å²) in [6, 6.07) is 6.91. The van der Waals surface area contributed by atoms with Crippen LogP contribution in [0.5, 0.6) is 0 Å². The lowest BCUT2D eigenvalue weighted by molar-refractivity contribution is -0.144. The summed E-state index contributed by atoms with van der Waals surface area (Å²) in [5.74, 6) is -0.554. The van der Waals surface area contributed by atoms with Crippen molar-refractivity contribution in [2.24, 2.45) is 0 Å². The first-order chi connectivity index (χ1) is 7.54. The standard InChI is InChI=1S/C11H13BrO4/c1-16-10(14)6-9(13)11(15)7-3-2-4-8(12)5-7/h2-5,9,11,13,15H,6H2,1H3. The molecule has 0 aromatic heterocycles. The smallest absolute Gasteiger partial charge is 0.308 e. The quantitative estimate of drug-likeness (QED) is 0.822. The van der Waals surface area contributed by atoms with E-state index in [1.807, 2.05) is 6.07 Å². The van der Waals surface area contributed by atoms with Crippen LogP contribution in [-0.4, -0.2) is 29.4 Å². The number of aliphatic hydroxyl groups excluding tert-OH is 2. The van der Waals surface area contributed by atoms with Crippen LogP contribution < -0.4 is 0 Å². The van der Waals surface area contributed by atoms with E-state index in [4.69, 9.17) is 0 Å². The fourth-order valence-corrected chi connectivity index (χ4v) is 1.70. The van der Waals surface area contributed by atoms with Crippen molar-refractivity contribution in [1.29, 1.82) is 0 Å². The molecule has 0 amide bonds. The third-order valence-electron chi connectivity index (χ3n) is 2.16. The van der Waals surface area contributed by atoms with Gasteiger partial charge in [0.2, 0.25) is 0 Å². The number of benzene rings is 1. The highest BCUT2D eigenvalue weighted by Gasteiger charge is 2.21. The average molecular weight is 289 g/mol. The van der Waals surface area contributed by atoms with Crippen molar-refractivity contribution in [3.8, 4) is 0 Å². The molecule has 0 fully saturated rings. The van der Waals surface area contributed by atoms with Crippen LogP contribution in [0.3, 0.4) is 0 Å². The van der Waals surface area contributed by atoms with Gasteiger partial charge in [0.1, 0.15) is 6.10 Å². The van der Waals surface area contributed by atoms with Crippen molar-refractivity contribution in [2.75, 3.05) is 7.11 Å². The Hall–Kier alpha value is -0.910. The Morgan fingerprint density at radius 2 is 2.19 bits per heavy atom. The highest BCUT2D eigenvalue weighted by molar-refractivity contribution is 9.10. The highest BCUT2D eigenvalue weighted by Crippen LogP contribution is 2.22. The molecule has 0 aliphatic rings. The molecule has 5 heteroatoms. The predicted molar refractivity (Wildman–Crippen MR) is 61.7 cm³/mol. The molecule has 0 saturated carbocycles. The minimum absolute atomic E-state index is 0.232. The summed E-state index contributed by atoms with van der Waals surface area (Å²) in [6.07, 6.45) is -2.50. The van der Waals surface area contributed by atoms with Gasteiger partial charge in [-0.1, -0.05) is 28.1 Å². The molecule has 0 heterocycles. The maximum atomic E-state index is 10.9. The van der Waals surface area contributed by atoms with Gasteiger partial charge in [-0.2, -0.15) is 0 Å². The van der Waals surface area contributed by atoms with E-state index in [0.29, 0.717) is 5.56 Å². The zero-order valence-electron chi connectivity index (χ0n) is 8.76. The van der Waals surface area contributed by atoms with Gasteiger partial charge in [-0.25, -0.2) is 0 Å². The van der Waals surface area contributed by atoms with Crippen molar-refractivity contribution in [3.05, 3.63) is 34.3 Å². The summed E-state index contributed by atoms with van der Waals surface area (Å²) in [5.41, 5.74) is 0.547. The van der Waals surface area contributed by atoms with Gasteiger partial charge in [-0.15, -0.1) is 0 Å². The monoisotopic (exact) mass is 288 g/mol. The average Bonchev–Trinajstić information content (AvgIpc) is 2.27. The Labute approximate surface area is 102 Å². The first-order valence-electron chi connectivity index (χ1n) is 4.73. The molecule has 0 aliphatic carbocycles. The Kier molecular flexibility index (Phi) is 4.92. The van der Waals surface area contributed by atoms with E-state index in [0.717, 1.165) is 4.47 Å². The van der Waals surface area contributed by atoms with Gasteiger partial charge in [0.15, 0.2) is 0 Å². The number of carbonyl (C=O) groups is 1. The first kappa shape index (κ1) is 13.2. The third kappa shape index (κ3) is 3.59. The molecule has 0 bridgehead atoms. The minimum atomic E-state index is -1.17. The highest BCUT2D eigenvalue weighted by atomic mass is 79.9. The normalized spacial score (nSPS) is 14.2. The molecule has 2 atom stereocenters. The fourth-order valence-electron chi connectivity index (χ4n) is 1.28. The Bertz CT molecular complexity index is 367. The zero-order valence-corrected chi connectivity index (χ0v) is 10.3. The maximum absolute atomic E-state index is 10.9. The van der Waals surface area contributed by atoms with Crippen molar-refractivity contribution in [3.63, 3.8) is 0 Å². The van der Waals surface area contributed by atoms with E-state index < -0.39 is 18.2 Å². The van der Waals surface area contributed by atoms with Gasteiger partial charge in [0.05, 0.1) is 19.6 Å². The number of halogens is 1. The van der Waals surface area contributed by atoms with Crippen LogP contribution >= 0.6 is 15.9 Å². The van der Waals surface area contributed by atoms with Crippen molar-refractivity contribution < 1.29 is 19.7 Å². The van der Waals surface area contributed by atoms with E-state index in [9.17, 15) is 15.0 Å². The lowest BCUT2D eigenvalue weighted by Gasteiger charge is -2.17. The molecule has 2 unspecified atom stereocenters. The maximum Gasteiger partial charge on any atom is 0.308 e. The van der Waals surface area contributed by atoms with Crippen molar-refractivity contribution >= 4 is 21.9 Å². The number of esters is 1. The second kappa shape index (κ2) is 5.98. The van der Waals surface area contributed by atoms with Gasteiger partial charge in [-0.3, -0.25) is 4.79 Å². The van der Waals surface area contributed by atoms with Crippen LogP contribution in [0.15, 0.2) is 28.7 Å². The van der Waals surface area contributed by atoms with Crippen LogP contribution in [-0.2, 0) is 9.53 Å². The molecule has 0 aliphatic heterocycles. The predicted octanol–water partition coefficient (Wildman–Crippen LogP) is 1.41. The number of rotatable bonds is 4. The Morgan fingerprint density at radius 1 is 1.50 bits per heavy atom. The number of carbonyl (C=O) groups excluding carboxylic acids is 1. The second-order valence-corrected chi connectivity index (χ2v) is 4.26. The Balaban J connectivity index is 2.70. The summed E-state index contributed by atoms with van der Waals surface area (Å²) in [4.78, 5) is 10.9. The van der Waals surface area contributed by atoms with Crippen molar-refractivity contribution in [1.82, 2.24) is 0 Å². The van der Waals surface area contributed by atoms with Crippen LogP contribution in [0, 0.1) is 0 Å². The topological polar surface area (TPSA) is 66.8 Å². The minimum Gasteiger partial charge on any atom is -0.469 e. The number of aliphatic hydroxyl groups is 2. The summed E-state index contributed by atoms with van der Waals surface area (Å²) in [5, 5.41) is 19.4. The second-order valence-electron chi connectivity index (χ2n) is 3.35. The lowest BCUT2D eigenvalue weighted by Crippen LogP contribution is -2.22. The number of methoxy groups -OCH3 is 1. The van der Waals surface area contributed by atoms with Gasteiger partial charge in [0.25, 0.3) is 0 Å². The molecule has 2 N–H and O–H groups in total. The van der Waals surface area contributed by atoms with E-state index in [-0.39, 0.29) is 6.42 Å². The van der Waals surface area contributed by atoms with Crippen LogP contribution in [0.25, 0.3) is 0 Å². The molecule has 1 aromatic carbocycles. The molecular formula is C11H13BrO4. The molecule has 88 valence electrons. The summed E-state index contributed by atoms with van der Waals surface area (Å²) in [6.45, 7) is 0. The molecule has 1 rings (SSSR count). The Morgan fingerprint density at radius 3 is 2.75 bits per heavy atom. The van der Waals surface area contributed by atoms with E-state index in [2.05, 4.69) is 20.7 Å². The molecule has 0 saturated heterocycles. The van der Waals surface area contributed by atoms with E-state index in [1.165, 1.54) is 7.11 Å². The number of hydrogen-bond donors (Lipinski definition) is 2. The van der Waals surface area contributed by atoms with E-state index in [1.54, 1.807) is 18.2 Å². The van der Waals surface area contributed by atoms with Gasteiger partial charge >= 0.3 is 5.97 Å². The molecule has 16 heavy (non-hydrogen) atoms. The van der Waals surface area contributed by atoms with E-state index >= 15 is 0 Å². The largest absolute Gasteiger partial charge is 0.469 e. The lowest BCUT2D eigenvalue weighted by atomic mass is 10.0. The first-order valence-corrected chi connectivity index (χ1v) is 5.52. The van der Waals surface area contributed by atoms with Gasteiger partial charge < -0.3 is 14.9 Å².